The minimum atomic E-state index is -0.0308. The zero-order valence-corrected chi connectivity index (χ0v) is 15.7. The van der Waals surface area contributed by atoms with Gasteiger partial charge in [-0.2, -0.15) is 0 Å². The standard InChI is InChI=1S/C18H21NO3.C2H7N/c1-14-9-10-18(22-13-21-3)17(11-14)19(15(2)20)12-16-7-5-4-6-8-16;1-3-2/h4-11H,12-13H2,1-3H3;3H,1-2H3. The lowest BCUT2D eigenvalue weighted by molar-refractivity contribution is -0.116. The molecule has 0 spiro atoms. The summed E-state index contributed by atoms with van der Waals surface area (Å²) < 4.78 is 10.6. The highest BCUT2D eigenvalue weighted by Gasteiger charge is 2.17. The molecule has 2 rings (SSSR count). The van der Waals surface area contributed by atoms with Gasteiger partial charge in [-0.25, -0.2) is 0 Å². The Morgan fingerprint density at radius 3 is 2.32 bits per heavy atom. The van der Waals surface area contributed by atoms with Crippen molar-refractivity contribution in [2.75, 3.05) is 32.9 Å². The molecule has 0 saturated carbocycles. The molecule has 0 aliphatic heterocycles. The molecule has 0 aliphatic rings. The van der Waals surface area contributed by atoms with E-state index in [0.29, 0.717) is 12.3 Å². The molecule has 0 heterocycles. The molecule has 25 heavy (non-hydrogen) atoms. The maximum absolute atomic E-state index is 12.1. The fourth-order valence-electron chi connectivity index (χ4n) is 2.21. The van der Waals surface area contributed by atoms with Crippen LogP contribution < -0.4 is 15.0 Å². The van der Waals surface area contributed by atoms with Gasteiger partial charge in [0, 0.05) is 14.0 Å². The monoisotopic (exact) mass is 344 g/mol. The van der Waals surface area contributed by atoms with Crippen LogP contribution >= 0.6 is 0 Å². The van der Waals surface area contributed by atoms with Gasteiger partial charge in [0.1, 0.15) is 5.75 Å². The number of carbonyl (C=O) groups excluding carboxylic acids is 1. The lowest BCUT2D eigenvalue weighted by Crippen LogP contribution is -2.28. The Labute approximate surface area is 150 Å². The van der Waals surface area contributed by atoms with Gasteiger partial charge in [-0.1, -0.05) is 36.4 Å². The van der Waals surface area contributed by atoms with E-state index in [9.17, 15) is 4.79 Å². The van der Waals surface area contributed by atoms with E-state index in [1.54, 1.807) is 18.9 Å². The highest BCUT2D eigenvalue weighted by atomic mass is 16.7. The van der Waals surface area contributed by atoms with Crippen molar-refractivity contribution in [1.29, 1.82) is 0 Å². The summed E-state index contributed by atoms with van der Waals surface area (Å²) in [4.78, 5) is 13.8. The third-order valence-electron chi connectivity index (χ3n) is 3.30. The molecule has 0 bridgehead atoms. The van der Waals surface area contributed by atoms with Crippen molar-refractivity contribution in [3.63, 3.8) is 0 Å². The van der Waals surface area contributed by atoms with Gasteiger partial charge in [0.15, 0.2) is 6.79 Å². The van der Waals surface area contributed by atoms with E-state index in [0.717, 1.165) is 16.8 Å². The number of rotatable bonds is 6. The van der Waals surface area contributed by atoms with Crippen molar-refractivity contribution in [3.05, 3.63) is 59.7 Å². The van der Waals surface area contributed by atoms with E-state index in [4.69, 9.17) is 9.47 Å². The minimum absolute atomic E-state index is 0.0308. The quantitative estimate of drug-likeness (QED) is 0.817. The summed E-state index contributed by atoms with van der Waals surface area (Å²) in [6, 6.07) is 15.7. The summed E-state index contributed by atoms with van der Waals surface area (Å²) in [5.74, 6) is 0.607. The van der Waals surface area contributed by atoms with Crippen LogP contribution in [0.2, 0.25) is 0 Å². The number of methoxy groups -OCH3 is 1. The van der Waals surface area contributed by atoms with Crippen LogP contribution in [0.5, 0.6) is 5.75 Å². The zero-order chi connectivity index (χ0) is 18.7. The number of anilines is 1. The maximum Gasteiger partial charge on any atom is 0.224 e. The van der Waals surface area contributed by atoms with Gasteiger partial charge in [0.2, 0.25) is 5.91 Å². The third kappa shape index (κ3) is 6.95. The summed E-state index contributed by atoms with van der Waals surface area (Å²) in [6.45, 7) is 4.20. The Hall–Kier alpha value is -2.37. The highest BCUT2D eigenvalue weighted by Crippen LogP contribution is 2.31. The molecule has 0 aliphatic carbocycles. The predicted molar refractivity (Wildman–Crippen MR) is 102 cm³/mol. The van der Waals surface area contributed by atoms with Crippen molar-refractivity contribution in [1.82, 2.24) is 5.32 Å². The normalized spacial score (nSPS) is 9.80. The molecule has 5 nitrogen and oxygen atoms in total. The molecule has 0 fully saturated rings. The minimum Gasteiger partial charge on any atom is -0.465 e. The summed E-state index contributed by atoms with van der Waals surface area (Å²) in [5, 5.41) is 2.75. The zero-order valence-electron chi connectivity index (χ0n) is 15.7. The molecule has 2 aromatic rings. The number of hydrogen-bond donors (Lipinski definition) is 1. The Morgan fingerprint density at radius 1 is 1.12 bits per heavy atom. The number of carbonyl (C=O) groups is 1. The van der Waals surface area contributed by atoms with Crippen molar-refractivity contribution in [2.24, 2.45) is 0 Å². The van der Waals surface area contributed by atoms with E-state index in [1.807, 2.05) is 69.6 Å². The van der Waals surface area contributed by atoms with Crippen LogP contribution in [0.4, 0.5) is 5.69 Å². The van der Waals surface area contributed by atoms with Crippen molar-refractivity contribution in [2.45, 2.75) is 20.4 Å². The van der Waals surface area contributed by atoms with Gasteiger partial charge < -0.3 is 19.7 Å². The Kier molecular flexibility index (Phi) is 9.29. The first-order valence-electron chi connectivity index (χ1n) is 8.16. The van der Waals surface area contributed by atoms with Crippen LogP contribution in [0.25, 0.3) is 0 Å². The number of benzene rings is 2. The highest BCUT2D eigenvalue weighted by molar-refractivity contribution is 5.93. The van der Waals surface area contributed by atoms with Gasteiger partial charge in [0.05, 0.1) is 12.2 Å². The Bertz CT molecular complexity index is 645. The summed E-state index contributed by atoms with van der Waals surface area (Å²) in [6.07, 6.45) is 0. The van der Waals surface area contributed by atoms with E-state index in [2.05, 4.69) is 5.32 Å². The van der Waals surface area contributed by atoms with Gasteiger partial charge in [-0.05, 0) is 44.3 Å². The second-order valence-electron chi connectivity index (χ2n) is 5.61. The van der Waals surface area contributed by atoms with Gasteiger partial charge in [-0.3, -0.25) is 4.79 Å². The fraction of sp³-hybridized carbons (Fsp3) is 0.350. The van der Waals surface area contributed by atoms with E-state index < -0.39 is 0 Å². The predicted octanol–water partition coefficient (Wildman–Crippen LogP) is 3.37. The van der Waals surface area contributed by atoms with Crippen molar-refractivity contribution in [3.8, 4) is 5.75 Å². The van der Waals surface area contributed by atoms with Crippen LogP contribution in [0, 0.1) is 6.92 Å². The molecule has 1 N–H and O–H groups in total. The number of amides is 1. The van der Waals surface area contributed by atoms with Gasteiger partial charge >= 0.3 is 0 Å². The second kappa shape index (κ2) is 11.2. The van der Waals surface area contributed by atoms with Crippen LogP contribution in [0.1, 0.15) is 18.1 Å². The molecule has 1 amide bonds. The molecule has 2 aromatic carbocycles. The first-order chi connectivity index (χ1) is 12.0. The molecule has 0 atom stereocenters. The molecular formula is C20H28N2O3. The van der Waals surface area contributed by atoms with E-state index >= 15 is 0 Å². The van der Waals surface area contributed by atoms with E-state index in [-0.39, 0.29) is 12.7 Å². The molecule has 5 heteroatoms. The Morgan fingerprint density at radius 2 is 1.76 bits per heavy atom. The van der Waals surface area contributed by atoms with Crippen LogP contribution in [0.15, 0.2) is 48.5 Å². The molecule has 0 saturated heterocycles. The van der Waals surface area contributed by atoms with Crippen molar-refractivity contribution >= 4 is 11.6 Å². The molecule has 0 aromatic heterocycles. The molecule has 136 valence electrons. The van der Waals surface area contributed by atoms with Crippen LogP contribution in [0.3, 0.4) is 0 Å². The van der Waals surface area contributed by atoms with Crippen molar-refractivity contribution < 1.29 is 14.3 Å². The van der Waals surface area contributed by atoms with Crippen LogP contribution in [-0.4, -0.2) is 33.9 Å². The second-order valence-corrected chi connectivity index (χ2v) is 5.61. The number of aryl methyl sites for hydroxylation is 1. The molecule has 0 unspecified atom stereocenters. The van der Waals surface area contributed by atoms with Gasteiger partial charge in [0.25, 0.3) is 0 Å². The average molecular weight is 344 g/mol. The first kappa shape index (κ1) is 20.7. The third-order valence-corrected chi connectivity index (χ3v) is 3.30. The SMILES string of the molecule is CNC.COCOc1ccc(C)cc1N(Cc1ccccc1)C(C)=O. The lowest BCUT2D eigenvalue weighted by atomic mass is 10.1. The molecule has 0 radical (unpaired) electrons. The average Bonchev–Trinajstić information content (AvgIpc) is 2.60. The Balaban J connectivity index is 0.000000970. The van der Waals surface area contributed by atoms with E-state index in [1.165, 1.54) is 0 Å². The maximum atomic E-state index is 12.1. The lowest BCUT2D eigenvalue weighted by Gasteiger charge is -2.24. The first-order valence-corrected chi connectivity index (χ1v) is 8.16. The number of nitrogens with zero attached hydrogens (tertiary/aromatic N) is 1. The number of hydrogen-bond acceptors (Lipinski definition) is 4. The largest absolute Gasteiger partial charge is 0.465 e. The van der Waals surface area contributed by atoms with Gasteiger partial charge in [-0.15, -0.1) is 0 Å². The number of ether oxygens (including phenoxy) is 2. The smallest absolute Gasteiger partial charge is 0.224 e. The summed E-state index contributed by atoms with van der Waals surface area (Å²) >= 11 is 0. The topological polar surface area (TPSA) is 50.8 Å². The summed E-state index contributed by atoms with van der Waals surface area (Å²) in [7, 11) is 5.32. The fourth-order valence-corrected chi connectivity index (χ4v) is 2.21. The summed E-state index contributed by atoms with van der Waals surface area (Å²) in [5.41, 5.74) is 2.89. The molecular weight excluding hydrogens is 316 g/mol. The number of nitrogens with one attached hydrogen (secondary N) is 1. The van der Waals surface area contributed by atoms with Crippen LogP contribution in [-0.2, 0) is 16.1 Å².